The van der Waals surface area contributed by atoms with Crippen LogP contribution in [0, 0.1) is 0 Å². The molecule has 0 bridgehead atoms. The lowest BCUT2D eigenvalue weighted by Crippen LogP contribution is -2.47. The van der Waals surface area contributed by atoms with Gasteiger partial charge in [0.1, 0.15) is 0 Å². The monoisotopic (exact) mass is 392 g/mol. The number of benzene rings is 4. The van der Waals surface area contributed by atoms with Crippen molar-refractivity contribution in [2.45, 2.75) is 12.1 Å². The Morgan fingerprint density at radius 1 is 0.467 bits per heavy atom. The van der Waals surface area contributed by atoms with Gasteiger partial charge in [-0.05, 0) is 22.3 Å². The average Bonchev–Trinajstić information content (AvgIpc) is 2.84. The predicted octanol–water partition coefficient (Wildman–Crippen LogP) is 5.36. The number of nitrogens with one attached hydrogen (secondary N) is 2. The summed E-state index contributed by atoms with van der Waals surface area (Å²) < 4.78 is 0. The van der Waals surface area contributed by atoms with E-state index in [0.717, 1.165) is 19.6 Å². The molecule has 0 fully saturated rings. The van der Waals surface area contributed by atoms with Crippen molar-refractivity contribution in [2.75, 3.05) is 13.1 Å². The maximum atomic E-state index is 3.91. The van der Waals surface area contributed by atoms with Gasteiger partial charge in [0.05, 0.1) is 5.54 Å². The van der Waals surface area contributed by atoms with Crippen LogP contribution >= 0.6 is 0 Å². The standard InChI is InChI=1S/C28H28N2/c1-5-13-24(14-6-1)23-29-21-22-30-28(25-15-7-2-8-16-25,26-17-9-3-10-18-26)27-19-11-4-12-20-27/h1-20,29-30H,21-23H2. The van der Waals surface area contributed by atoms with Crippen LogP contribution in [0.4, 0.5) is 0 Å². The summed E-state index contributed by atoms with van der Waals surface area (Å²) in [6, 6.07) is 42.7. The summed E-state index contributed by atoms with van der Waals surface area (Å²) in [7, 11) is 0. The fraction of sp³-hybridized carbons (Fsp3) is 0.143. The van der Waals surface area contributed by atoms with Crippen molar-refractivity contribution in [3.63, 3.8) is 0 Å². The minimum Gasteiger partial charge on any atom is -0.311 e. The Labute approximate surface area is 179 Å². The van der Waals surface area contributed by atoms with Crippen molar-refractivity contribution in [3.8, 4) is 0 Å². The molecule has 4 aromatic carbocycles. The molecule has 0 heterocycles. The third kappa shape index (κ3) is 4.51. The lowest BCUT2D eigenvalue weighted by molar-refractivity contribution is 0.463. The summed E-state index contributed by atoms with van der Waals surface area (Å²) in [5.74, 6) is 0. The van der Waals surface area contributed by atoms with E-state index in [0.29, 0.717) is 0 Å². The molecule has 0 amide bonds. The Balaban J connectivity index is 1.61. The van der Waals surface area contributed by atoms with E-state index in [4.69, 9.17) is 0 Å². The van der Waals surface area contributed by atoms with Crippen LogP contribution in [-0.4, -0.2) is 13.1 Å². The zero-order chi connectivity index (χ0) is 20.5. The summed E-state index contributed by atoms with van der Waals surface area (Å²) in [5.41, 5.74) is 4.62. The molecule has 0 aliphatic rings. The molecule has 2 nitrogen and oxygen atoms in total. The minimum absolute atomic E-state index is 0.405. The molecule has 0 aromatic heterocycles. The van der Waals surface area contributed by atoms with Crippen molar-refractivity contribution in [1.29, 1.82) is 0 Å². The molecule has 0 unspecified atom stereocenters. The third-order valence-electron chi connectivity index (χ3n) is 5.48. The lowest BCUT2D eigenvalue weighted by Gasteiger charge is -2.37. The van der Waals surface area contributed by atoms with E-state index in [1.54, 1.807) is 0 Å². The second-order valence-electron chi connectivity index (χ2n) is 7.44. The van der Waals surface area contributed by atoms with Crippen molar-refractivity contribution in [2.24, 2.45) is 0 Å². The highest BCUT2D eigenvalue weighted by molar-refractivity contribution is 5.49. The Morgan fingerprint density at radius 3 is 1.30 bits per heavy atom. The van der Waals surface area contributed by atoms with Gasteiger partial charge >= 0.3 is 0 Å². The predicted molar refractivity (Wildman–Crippen MR) is 125 cm³/mol. The highest BCUT2D eigenvalue weighted by atomic mass is 15.0. The highest BCUT2D eigenvalue weighted by Gasteiger charge is 2.35. The van der Waals surface area contributed by atoms with Gasteiger partial charge in [0, 0.05) is 19.6 Å². The third-order valence-corrected chi connectivity index (χ3v) is 5.48. The second-order valence-corrected chi connectivity index (χ2v) is 7.44. The molecule has 2 heteroatoms. The van der Waals surface area contributed by atoms with Gasteiger partial charge in [0.15, 0.2) is 0 Å². The highest BCUT2D eigenvalue weighted by Crippen LogP contribution is 2.36. The molecule has 150 valence electrons. The molecule has 4 rings (SSSR count). The maximum absolute atomic E-state index is 3.91. The fourth-order valence-electron chi connectivity index (χ4n) is 4.04. The van der Waals surface area contributed by atoms with E-state index >= 15 is 0 Å². The van der Waals surface area contributed by atoms with E-state index in [1.165, 1.54) is 22.3 Å². The Morgan fingerprint density at radius 2 is 0.867 bits per heavy atom. The summed E-state index contributed by atoms with van der Waals surface area (Å²) >= 11 is 0. The van der Waals surface area contributed by atoms with Crippen LogP contribution in [0.2, 0.25) is 0 Å². The molecule has 0 saturated heterocycles. The number of hydrogen-bond acceptors (Lipinski definition) is 2. The minimum atomic E-state index is -0.405. The van der Waals surface area contributed by atoms with E-state index < -0.39 is 5.54 Å². The lowest BCUT2D eigenvalue weighted by atomic mass is 9.77. The molecule has 4 aromatic rings. The molecule has 0 saturated carbocycles. The molecular formula is C28H28N2. The normalized spacial score (nSPS) is 11.3. The van der Waals surface area contributed by atoms with E-state index in [2.05, 4.69) is 132 Å². The van der Waals surface area contributed by atoms with Crippen LogP contribution in [0.5, 0.6) is 0 Å². The topological polar surface area (TPSA) is 24.1 Å². The Bertz CT molecular complexity index is 903. The molecule has 0 aliphatic carbocycles. The second kappa shape index (κ2) is 10.0. The van der Waals surface area contributed by atoms with Gasteiger partial charge < -0.3 is 5.32 Å². The summed E-state index contributed by atoms with van der Waals surface area (Å²) in [5, 5.41) is 7.47. The van der Waals surface area contributed by atoms with Gasteiger partial charge in [-0.25, -0.2) is 0 Å². The first-order valence-electron chi connectivity index (χ1n) is 10.6. The average molecular weight is 393 g/mol. The largest absolute Gasteiger partial charge is 0.311 e. The molecule has 2 N–H and O–H groups in total. The smallest absolute Gasteiger partial charge is 0.0948 e. The summed E-state index contributed by atoms with van der Waals surface area (Å²) in [4.78, 5) is 0. The number of rotatable bonds is 9. The SMILES string of the molecule is c1ccc(CNCCNC(c2ccccc2)(c2ccccc2)c2ccccc2)cc1. The first-order valence-corrected chi connectivity index (χ1v) is 10.6. The molecule has 30 heavy (non-hydrogen) atoms. The van der Waals surface area contributed by atoms with Crippen LogP contribution in [0.15, 0.2) is 121 Å². The van der Waals surface area contributed by atoms with Gasteiger partial charge in [-0.1, -0.05) is 121 Å². The van der Waals surface area contributed by atoms with Gasteiger partial charge in [0.25, 0.3) is 0 Å². The zero-order valence-corrected chi connectivity index (χ0v) is 17.2. The molecule has 0 atom stereocenters. The first-order chi connectivity index (χ1) is 14.9. The van der Waals surface area contributed by atoms with Gasteiger partial charge in [-0.15, -0.1) is 0 Å². The molecule has 0 aliphatic heterocycles. The zero-order valence-electron chi connectivity index (χ0n) is 17.2. The Hall–Kier alpha value is -3.20. The summed E-state index contributed by atoms with van der Waals surface area (Å²) in [6.45, 7) is 2.59. The van der Waals surface area contributed by atoms with E-state index in [-0.39, 0.29) is 0 Å². The van der Waals surface area contributed by atoms with E-state index in [1.807, 2.05) is 0 Å². The van der Waals surface area contributed by atoms with Crippen LogP contribution < -0.4 is 10.6 Å². The molecular weight excluding hydrogens is 364 g/mol. The van der Waals surface area contributed by atoms with Gasteiger partial charge in [0.2, 0.25) is 0 Å². The van der Waals surface area contributed by atoms with Crippen LogP contribution in [0.1, 0.15) is 22.3 Å². The maximum Gasteiger partial charge on any atom is 0.0948 e. The van der Waals surface area contributed by atoms with Crippen molar-refractivity contribution < 1.29 is 0 Å². The van der Waals surface area contributed by atoms with Gasteiger partial charge in [-0.2, -0.15) is 0 Å². The molecule has 0 radical (unpaired) electrons. The molecule has 0 spiro atoms. The Kier molecular flexibility index (Phi) is 6.71. The first kappa shape index (κ1) is 20.1. The summed E-state index contributed by atoms with van der Waals surface area (Å²) in [6.07, 6.45) is 0. The number of hydrogen-bond donors (Lipinski definition) is 2. The van der Waals surface area contributed by atoms with Crippen LogP contribution in [0.3, 0.4) is 0 Å². The van der Waals surface area contributed by atoms with Crippen molar-refractivity contribution in [3.05, 3.63) is 144 Å². The van der Waals surface area contributed by atoms with Crippen molar-refractivity contribution in [1.82, 2.24) is 10.6 Å². The van der Waals surface area contributed by atoms with Crippen LogP contribution in [0.25, 0.3) is 0 Å². The van der Waals surface area contributed by atoms with E-state index in [9.17, 15) is 0 Å². The van der Waals surface area contributed by atoms with Crippen LogP contribution in [-0.2, 0) is 12.1 Å². The quantitative estimate of drug-likeness (QED) is 0.296. The van der Waals surface area contributed by atoms with Crippen molar-refractivity contribution >= 4 is 0 Å². The van der Waals surface area contributed by atoms with Gasteiger partial charge in [-0.3, -0.25) is 5.32 Å². The fourth-order valence-corrected chi connectivity index (χ4v) is 4.04.